The molecule has 0 aromatic carbocycles. The van der Waals surface area contributed by atoms with E-state index in [1.807, 2.05) is 0 Å². The second kappa shape index (κ2) is 9.75. The van der Waals surface area contributed by atoms with E-state index in [0.717, 1.165) is 12.8 Å². The number of hydrogen-bond acceptors (Lipinski definition) is 1. The average molecular weight is 212 g/mol. The first-order chi connectivity index (χ1) is 7.22. The lowest BCUT2D eigenvalue weighted by atomic mass is 9.97. The first-order valence-corrected chi connectivity index (χ1v) is 6.06. The van der Waals surface area contributed by atoms with Gasteiger partial charge >= 0.3 is 5.97 Å². The second-order valence-corrected chi connectivity index (χ2v) is 4.12. The fourth-order valence-corrected chi connectivity index (χ4v) is 1.71. The minimum Gasteiger partial charge on any atom is -0.481 e. The summed E-state index contributed by atoms with van der Waals surface area (Å²) in [6, 6.07) is 0. The SMILES string of the molecule is C=CCC(CCCCCCCC)C(=O)O. The van der Waals surface area contributed by atoms with Gasteiger partial charge < -0.3 is 5.11 Å². The number of carboxylic acids is 1. The molecule has 0 aliphatic rings. The zero-order valence-corrected chi connectivity index (χ0v) is 9.87. The predicted molar refractivity (Wildman–Crippen MR) is 63.9 cm³/mol. The smallest absolute Gasteiger partial charge is 0.306 e. The van der Waals surface area contributed by atoms with Crippen molar-refractivity contribution in [1.29, 1.82) is 0 Å². The molecule has 2 nitrogen and oxygen atoms in total. The third-order valence-corrected chi connectivity index (χ3v) is 2.71. The molecular formula is C13H24O2. The van der Waals surface area contributed by atoms with Gasteiger partial charge in [0.25, 0.3) is 0 Å². The molecule has 0 aliphatic heterocycles. The van der Waals surface area contributed by atoms with E-state index in [9.17, 15) is 4.79 Å². The van der Waals surface area contributed by atoms with Crippen molar-refractivity contribution in [1.82, 2.24) is 0 Å². The Kier molecular flexibility index (Phi) is 9.24. The topological polar surface area (TPSA) is 37.3 Å². The van der Waals surface area contributed by atoms with Gasteiger partial charge in [-0.25, -0.2) is 0 Å². The molecule has 88 valence electrons. The van der Waals surface area contributed by atoms with E-state index in [-0.39, 0.29) is 5.92 Å². The highest BCUT2D eigenvalue weighted by Gasteiger charge is 2.14. The Bertz CT molecular complexity index is 175. The summed E-state index contributed by atoms with van der Waals surface area (Å²) in [6.07, 6.45) is 10.4. The first-order valence-electron chi connectivity index (χ1n) is 6.06. The Morgan fingerprint density at radius 2 is 1.87 bits per heavy atom. The molecule has 0 radical (unpaired) electrons. The van der Waals surface area contributed by atoms with Gasteiger partial charge in [-0.3, -0.25) is 4.79 Å². The zero-order chi connectivity index (χ0) is 11.5. The van der Waals surface area contributed by atoms with Crippen LogP contribution in [0.4, 0.5) is 0 Å². The van der Waals surface area contributed by atoms with Crippen LogP contribution < -0.4 is 0 Å². The summed E-state index contributed by atoms with van der Waals surface area (Å²) < 4.78 is 0. The first kappa shape index (κ1) is 14.2. The molecule has 0 spiro atoms. The van der Waals surface area contributed by atoms with Crippen LogP contribution in [0, 0.1) is 5.92 Å². The molecule has 0 aliphatic carbocycles. The summed E-state index contributed by atoms with van der Waals surface area (Å²) in [5.41, 5.74) is 0. The largest absolute Gasteiger partial charge is 0.481 e. The van der Waals surface area contributed by atoms with Gasteiger partial charge in [0.15, 0.2) is 0 Å². The summed E-state index contributed by atoms with van der Waals surface area (Å²) in [6.45, 7) is 5.79. The molecule has 1 N–H and O–H groups in total. The molecular weight excluding hydrogens is 188 g/mol. The summed E-state index contributed by atoms with van der Waals surface area (Å²) in [5, 5.41) is 8.90. The minimum absolute atomic E-state index is 0.214. The standard InChI is InChI=1S/C13H24O2/c1-3-5-6-7-8-9-11-12(10-4-2)13(14)15/h4,12H,2-3,5-11H2,1H3,(H,14,15). The Morgan fingerprint density at radius 1 is 1.27 bits per heavy atom. The molecule has 0 saturated carbocycles. The zero-order valence-electron chi connectivity index (χ0n) is 9.87. The fourth-order valence-electron chi connectivity index (χ4n) is 1.71. The highest BCUT2D eigenvalue weighted by atomic mass is 16.4. The van der Waals surface area contributed by atoms with Crippen LogP contribution in [0.25, 0.3) is 0 Å². The van der Waals surface area contributed by atoms with Crippen molar-refractivity contribution >= 4 is 5.97 Å². The number of allylic oxidation sites excluding steroid dienone is 1. The second-order valence-electron chi connectivity index (χ2n) is 4.12. The maximum absolute atomic E-state index is 10.8. The third kappa shape index (κ3) is 8.22. The van der Waals surface area contributed by atoms with Crippen molar-refractivity contribution in [3.63, 3.8) is 0 Å². The Balaban J connectivity index is 3.45. The monoisotopic (exact) mass is 212 g/mol. The van der Waals surface area contributed by atoms with Crippen LogP contribution in [0.3, 0.4) is 0 Å². The highest BCUT2D eigenvalue weighted by molar-refractivity contribution is 5.70. The number of carbonyl (C=O) groups is 1. The molecule has 1 atom stereocenters. The van der Waals surface area contributed by atoms with Crippen LogP contribution >= 0.6 is 0 Å². The van der Waals surface area contributed by atoms with E-state index >= 15 is 0 Å². The molecule has 0 fully saturated rings. The molecule has 0 heterocycles. The summed E-state index contributed by atoms with van der Waals surface area (Å²) in [5.74, 6) is -0.892. The van der Waals surface area contributed by atoms with E-state index in [2.05, 4.69) is 13.5 Å². The molecule has 0 rings (SSSR count). The third-order valence-electron chi connectivity index (χ3n) is 2.71. The Hall–Kier alpha value is -0.790. The van der Waals surface area contributed by atoms with E-state index in [0.29, 0.717) is 6.42 Å². The van der Waals surface area contributed by atoms with Crippen LogP contribution in [-0.2, 0) is 4.79 Å². The molecule has 0 aromatic rings. The molecule has 0 bridgehead atoms. The van der Waals surface area contributed by atoms with E-state index in [1.165, 1.54) is 32.1 Å². The van der Waals surface area contributed by atoms with Crippen LogP contribution in [0.5, 0.6) is 0 Å². The van der Waals surface area contributed by atoms with Crippen molar-refractivity contribution in [2.45, 2.75) is 58.3 Å². The maximum atomic E-state index is 10.8. The van der Waals surface area contributed by atoms with Crippen LogP contribution in [0.2, 0.25) is 0 Å². The van der Waals surface area contributed by atoms with Gasteiger partial charge in [-0.2, -0.15) is 0 Å². The van der Waals surface area contributed by atoms with Crippen molar-refractivity contribution in [2.75, 3.05) is 0 Å². The van der Waals surface area contributed by atoms with Crippen molar-refractivity contribution in [2.24, 2.45) is 5.92 Å². The summed E-state index contributed by atoms with van der Waals surface area (Å²) >= 11 is 0. The van der Waals surface area contributed by atoms with E-state index in [4.69, 9.17) is 5.11 Å². The molecule has 15 heavy (non-hydrogen) atoms. The van der Waals surface area contributed by atoms with Gasteiger partial charge in [0, 0.05) is 0 Å². The number of carboxylic acid groups (broad SMARTS) is 1. The highest BCUT2D eigenvalue weighted by Crippen LogP contribution is 2.15. The molecule has 0 amide bonds. The van der Waals surface area contributed by atoms with Crippen LogP contribution in [0.15, 0.2) is 12.7 Å². The maximum Gasteiger partial charge on any atom is 0.306 e. The van der Waals surface area contributed by atoms with Gasteiger partial charge in [0.2, 0.25) is 0 Å². The van der Waals surface area contributed by atoms with Gasteiger partial charge in [-0.1, -0.05) is 51.5 Å². The van der Waals surface area contributed by atoms with Crippen LogP contribution in [-0.4, -0.2) is 11.1 Å². The molecule has 0 aromatic heterocycles. The normalized spacial score (nSPS) is 12.3. The van der Waals surface area contributed by atoms with Crippen LogP contribution in [0.1, 0.15) is 58.3 Å². The lowest BCUT2D eigenvalue weighted by molar-refractivity contribution is -0.141. The summed E-state index contributed by atoms with van der Waals surface area (Å²) in [4.78, 5) is 10.8. The lowest BCUT2D eigenvalue weighted by Crippen LogP contribution is -2.12. The minimum atomic E-state index is -0.677. The van der Waals surface area contributed by atoms with Gasteiger partial charge in [-0.15, -0.1) is 6.58 Å². The quantitative estimate of drug-likeness (QED) is 0.439. The van der Waals surface area contributed by atoms with E-state index < -0.39 is 5.97 Å². The Morgan fingerprint density at radius 3 is 2.40 bits per heavy atom. The fraction of sp³-hybridized carbons (Fsp3) is 0.769. The number of unbranched alkanes of at least 4 members (excludes halogenated alkanes) is 5. The van der Waals surface area contributed by atoms with Crippen molar-refractivity contribution in [3.8, 4) is 0 Å². The van der Waals surface area contributed by atoms with Crippen molar-refractivity contribution < 1.29 is 9.90 Å². The lowest BCUT2D eigenvalue weighted by Gasteiger charge is -2.09. The predicted octanol–water partition coefficient (Wildman–Crippen LogP) is 4.01. The molecule has 0 saturated heterocycles. The summed E-state index contributed by atoms with van der Waals surface area (Å²) in [7, 11) is 0. The molecule has 1 unspecified atom stereocenters. The molecule has 2 heteroatoms. The van der Waals surface area contributed by atoms with Gasteiger partial charge in [0.1, 0.15) is 0 Å². The number of aliphatic carboxylic acids is 1. The number of hydrogen-bond donors (Lipinski definition) is 1. The number of rotatable bonds is 10. The van der Waals surface area contributed by atoms with Gasteiger partial charge in [0.05, 0.1) is 5.92 Å². The van der Waals surface area contributed by atoms with Gasteiger partial charge in [-0.05, 0) is 12.8 Å². The Labute approximate surface area is 93.4 Å². The van der Waals surface area contributed by atoms with Crippen molar-refractivity contribution in [3.05, 3.63) is 12.7 Å². The van der Waals surface area contributed by atoms with E-state index in [1.54, 1.807) is 6.08 Å². The average Bonchev–Trinajstić information content (AvgIpc) is 2.21.